The summed E-state index contributed by atoms with van der Waals surface area (Å²) in [4.78, 5) is 6.37. The quantitative estimate of drug-likeness (QED) is 0.938. The molecule has 3 nitrogen and oxygen atoms in total. The summed E-state index contributed by atoms with van der Waals surface area (Å²) < 4.78 is 5.59. The van der Waals surface area contributed by atoms with Gasteiger partial charge < -0.3 is 10.1 Å². The molecule has 4 rings (SSSR count). The van der Waals surface area contributed by atoms with Gasteiger partial charge in [0.15, 0.2) is 0 Å². The van der Waals surface area contributed by atoms with Gasteiger partial charge in [-0.15, -0.1) is 11.3 Å². The molecule has 2 heterocycles. The number of thiazole rings is 1. The molecule has 1 unspecified atom stereocenters. The van der Waals surface area contributed by atoms with Gasteiger partial charge in [-0.05, 0) is 49.6 Å². The van der Waals surface area contributed by atoms with E-state index in [1.54, 1.807) is 0 Å². The highest BCUT2D eigenvalue weighted by molar-refractivity contribution is 7.15. The van der Waals surface area contributed by atoms with E-state index in [2.05, 4.69) is 30.4 Å². The van der Waals surface area contributed by atoms with Gasteiger partial charge in [-0.2, -0.15) is 0 Å². The zero-order valence-corrected chi connectivity index (χ0v) is 13.1. The fourth-order valence-corrected chi connectivity index (χ4v) is 4.52. The Labute approximate surface area is 129 Å². The number of aryl methyl sites for hydroxylation is 1. The van der Waals surface area contributed by atoms with Crippen molar-refractivity contribution >= 4 is 11.3 Å². The van der Waals surface area contributed by atoms with Crippen LogP contribution in [0.5, 0.6) is 5.75 Å². The second kappa shape index (κ2) is 5.43. The van der Waals surface area contributed by atoms with Crippen LogP contribution in [0.2, 0.25) is 0 Å². The molecule has 1 atom stereocenters. The second-order valence-electron chi connectivity index (χ2n) is 5.75. The number of hydrogen-bond donors (Lipinski definition) is 1. The van der Waals surface area contributed by atoms with Crippen molar-refractivity contribution in [2.75, 3.05) is 13.2 Å². The summed E-state index contributed by atoms with van der Waals surface area (Å²) in [6, 6.07) is 7.01. The van der Waals surface area contributed by atoms with Crippen molar-refractivity contribution in [3.63, 3.8) is 0 Å². The SMILES string of the molecule is CCNC1CCCc2nc(-c3ccc4c(c3)CCO4)sc21. The second-order valence-corrected chi connectivity index (χ2v) is 6.78. The Morgan fingerprint density at radius 3 is 3.24 bits per heavy atom. The van der Waals surface area contributed by atoms with Crippen LogP contribution in [0.3, 0.4) is 0 Å². The number of benzene rings is 1. The van der Waals surface area contributed by atoms with E-state index in [9.17, 15) is 0 Å². The van der Waals surface area contributed by atoms with Crippen molar-refractivity contribution in [3.8, 4) is 16.3 Å². The fourth-order valence-electron chi connectivity index (χ4n) is 3.30. The lowest BCUT2D eigenvalue weighted by Gasteiger charge is -2.21. The highest BCUT2D eigenvalue weighted by Crippen LogP contribution is 2.39. The van der Waals surface area contributed by atoms with E-state index in [-0.39, 0.29) is 0 Å². The van der Waals surface area contributed by atoms with Gasteiger partial charge in [0, 0.05) is 22.9 Å². The maximum Gasteiger partial charge on any atom is 0.123 e. The molecule has 21 heavy (non-hydrogen) atoms. The van der Waals surface area contributed by atoms with Crippen LogP contribution < -0.4 is 10.1 Å². The van der Waals surface area contributed by atoms with E-state index in [1.807, 2.05) is 11.3 Å². The minimum atomic E-state index is 0.503. The fraction of sp³-hybridized carbons (Fsp3) is 0.471. The van der Waals surface area contributed by atoms with Gasteiger partial charge in [-0.1, -0.05) is 6.92 Å². The molecule has 110 valence electrons. The predicted molar refractivity (Wildman–Crippen MR) is 86.1 cm³/mol. The van der Waals surface area contributed by atoms with Crippen LogP contribution in [0.25, 0.3) is 10.6 Å². The molecule has 1 aliphatic heterocycles. The number of aromatic nitrogens is 1. The molecular formula is C17H20N2OS. The molecule has 0 saturated carbocycles. The zero-order chi connectivity index (χ0) is 14.2. The summed E-state index contributed by atoms with van der Waals surface area (Å²) in [6.07, 6.45) is 4.63. The smallest absolute Gasteiger partial charge is 0.123 e. The number of nitrogens with zero attached hydrogens (tertiary/aromatic N) is 1. The van der Waals surface area contributed by atoms with E-state index < -0.39 is 0 Å². The highest BCUT2D eigenvalue weighted by atomic mass is 32.1. The highest BCUT2D eigenvalue weighted by Gasteiger charge is 2.24. The summed E-state index contributed by atoms with van der Waals surface area (Å²) in [6.45, 7) is 4.01. The first-order chi connectivity index (χ1) is 10.3. The maximum atomic E-state index is 5.59. The van der Waals surface area contributed by atoms with Crippen LogP contribution in [0.1, 0.15) is 41.9 Å². The largest absolute Gasteiger partial charge is 0.493 e. The lowest BCUT2D eigenvalue weighted by molar-refractivity contribution is 0.357. The summed E-state index contributed by atoms with van der Waals surface area (Å²) in [7, 11) is 0. The van der Waals surface area contributed by atoms with Crippen LogP contribution >= 0.6 is 11.3 Å². The Morgan fingerprint density at radius 2 is 2.33 bits per heavy atom. The van der Waals surface area contributed by atoms with Gasteiger partial charge in [0.1, 0.15) is 10.8 Å². The van der Waals surface area contributed by atoms with Crippen molar-refractivity contribution in [2.45, 2.75) is 38.6 Å². The third-order valence-electron chi connectivity index (χ3n) is 4.34. The molecule has 0 bridgehead atoms. The van der Waals surface area contributed by atoms with Gasteiger partial charge in [-0.25, -0.2) is 4.98 Å². The first-order valence-corrected chi connectivity index (χ1v) is 8.66. The Morgan fingerprint density at radius 1 is 1.38 bits per heavy atom. The van der Waals surface area contributed by atoms with Crippen molar-refractivity contribution in [1.29, 1.82) is 0 Å². The van der Waals surface area contributed by atoms with Crippen LogP contribution in [0.4, 0.5) is 0 Å². The average molecular weight is 300 g/mol. The molecule has 1 N–H and O–H groups in total. The molecular weight excluding hydrogens is 280 g/mol. The van der Waals surface area contributed by atoms with Crippen LogP contribution in [-0.4, -0.2) is 18.1 Å². The Hall–Kier alpha value is -1.39. The Bertz CT molecular complexity index is 665. The van der Waals surface area contributed by atoms with Crippen LogP contribution in [0, 0.1) is 0 Å². The number of nitrogens with one attached hydrogen (secondary N) is 1. The van der Waals surface area contributed by atoms with E-state index in [4.69, 9.17) is 9.72 Å². The zero-order valence-electron chi connectivity index (χ0n) is 12.3. The molecule has 0 radical (unpaired) electrons. The van der Waals surface area contributed by atoms with E-state index in [1.165, 1.54) is 39.5 Å². The summed E-state index contributed by atoms with van der Waals surface area (Å²) in [5, 5.41) is 4.76. The molecule has 1 aromatic heterocycles. The summed E-state index contributed by atoms with van der Waals surface area (Å²) in [5.74, 6) is 1.05. The van der Waals surface area contributed by atoms with Crippen molar-refractivity contribution in [2.24, 2.45) is 0 Å². The van der Waals surface area contributed by atoms with Crippen molar-refractivity contribution < 1.29 is 4.74 Å². The van der Waals surface area contributed by atoms with Crippen LogP contribution in [-0.2, 0) is 12.8 Å². The average Bonchev–Trinajstić information content (AvgIpc) is 3.13. The molecule has 0 saturated heterocycles. The first-order valence-electron chi connectivity index (χ1n) is 7.84. The molecule has 0 amide bonds. The van der Waals surface area contributed by atoms with Gasteiger partial charge in [0.25, 0.3) is 0 Å². The van der Waals surface area contributed by atoms with Gasteiger partial charge in [0.2, 0.25) is 0 Å². The summed E-state index contributed by atoms with van der Waals surface area (Å²) in [5.41, 5.74) is 3.88. The van der Waals surface area contributed by atoms with Gasteiger partial charge in [0.05, 0.1) is 12.3 Å². The van der Waals surface area contributed by atoms with Crippen molar-refractivity contribution in [1.82, 2.24) is 10.3 Å². The number of ether oxygens (including phenoxy) is 1. The molecule has 0 spiro atoms. The topological polar surface area (TPSA) is 34.2 Å². The first kappa shape index (κ1) is 13.3. The molecule has 4 heteroatoms. The lowest BCUT2D eigenvalue weighted by atomic mass is 9.98. The number of hydrogen-bond acceptors (Lipinski definition) is 4. The number of fused-ring (bicyclic) bond motifs is 2. The minimum Gasteiger partial charge on any atom is -0.493 e. The third-order valence-corrected chi connectivity index (χ3v) is 5.60. The van der Waals surface area contributed by atoms with E-state index >= 15 is 0 Å². The summed E-state index contributed by atoms with van der Waals surface area (Å²) >= 11 is 1.87. The molecule has 2 aromatic rings. The Kier molecular flexibility index (Phi) is 3.43. The predicted octanol–water partition coefficient (Wildman–Crippen LogP) is 3.73. The molecule has 2 aliphatic rings. The normalized spacial score (nSPS) is 20.0. The Balaban J connectivity index is 1.70. The number of rotatable bonds is 3. The van der Waals surface area contributed by atoms with Gasteiger partial charge in [-0.3, -0.25) is 0 Å². The van der Waals surface area contributed by atoms with Crippen LogP contribution in [0.15, 0.2) is 18.2 Å². The molecule has 1 aromatic carbocycles. The third kappa shape index (κ3) is 2.36. The lowest BCUT2D eigenvalue weighted by Crippen LogP contribution is -2.23. The molecule has 1 aliphatic carbocycles. The minimum absolute atomic E-state index is 0.503. The van der Waals surface area contributed by atoms with Gasteiger partial charge >= 0.3 is 0 Å². The monoisotopic (exact) mass is 300 g/mol. The maximum absolute atomic E-state index is 5.59. The molecule has 0 fully saturated rings. The van der Waals surface area contributed by atoms with E-state index in [0.717, 1.165) is 31.7 Å². The van der Waals surface area contributed by atoms with E-state index in [0.29, 0.717) is 6.04 Å². The standard InChI is InChI=1S/C17H20N2OS/c1-2-18-13-4-3-5-14-16(13)21-17(19-14)12-6-7-15-11(10-12)8-9-20-15/h6-7,10,13,18H,2-5,8-9H2,1H3. The van der Waals surface area contributed by atoms with Crippen molar-refractivity contribution in [3.05, 3.63) is 34.3 Å².